The van der Waals surface area contributed by atoms with Crippen molar-refractivity contribution in [2.45, 2.75) is 70.3 Å². The molecular formula is C22H35NO2. The molecule has 0 amide bonds. The fourth-order valence-corrected chi connectivity index (χ4v) is 7.30. The summed E-state index contributed by atoms with van der Waals surface area (Å²) in [5, 5.41) is 14.8. The zero-order valence-electron chi connectivity index (χ0n) is 16.2. The Balaban J connectivity index is 1.62. The third-order valence-corrected chi connectivity index (χ3v) is 8.42. The Kier molecular flexibility index (Phi) is 4.52. The van der Waals surface area contributed by atoms with E-state index in [4.69, 9.17) is 4.74 Å². The van der Waals surface area contributed by atoms with Crippen LogP contribution in [0.5, 0.6) is 0 Å². The van der Waals surface area contributed by atoms with Gasteiger partial charge in [-0.2, -0.15) is 0 Å². The molecule has 3 heteroatoms. The van der Waals surface area contributed by atoms with E-state index >= 15 is 0 Å². The number of likely N-dealkylation sites (N-methyl/N-ethyl adjacent to an activating group) is 1. The maximum Gasteiger partial charge on any atom is 0.0959 e. The van der Waals surface area contributed by atoms with E-state index in [2.05, 4.69) is 18.3 Å². The maximum atomic E-state index is 11.5. The van der Waals surface area contributed by atoms with Crippen molar-refractivity contribution >= 4 is 0 Å². The third-order valence-electron chi connectivity index (χ3n) is 8.42. The molecule has 2 N–H and O–H groups in total. The molecule has 5 atom stereocenters. The minimum Gasteiger partial charge on any atom is -0.501 e. The SMILES string of the molecule is CC[C@]12CC[C@@H]3C4=C(CC[C@H]3[C@@H]1CC[C@@]2(O)CNC)CC(OC)=CC4. The average Bonchev–Trinajstić information content (AvgIpc) is 2.94. The Bertz CT molecular complexity index is 595. The van der Waals surface area contributed by atoms with Gasteiger partial charge in [0.15, 0.2) is 0 Å². The van der Waals surface area contributed by atoms with E-state index in [-0.39, 0.29) is 5.41 Å². The molecule has 0 bridgehead atoms. The van der Waals surface area contributed by atoms with Crippen LogP contribution in [-0.4, -0.2) is 31.4 Å². The number of allylic oxidation sites excluding steroid dienone is 3. The van der Waals surface area contributed by atoms with Crippen LogP contribution in [0.4, 0.5) is 0 Å². The van der Waals surface area contributed by atoms with Crippen LogP contribution in [0.2, 0.25) is 0 Å². The Morgan fingerprint density at radius 1 is 1.28 bits per heavy atom. The molecule has 0 unspecified atom stereocenters. The van der Waals surface area contributed by atoms with Crippen molar-refractivity contribution in [3.63, 3.8) is 0 Å². The lowest BCUT2D eigenvalue weighted by atomic mass is 9.51. The summed E-state index contributed by atoms with van der Waals surface area (Å²) in [4.78, 5) is 0. The van der Waals surface area contributed by atoms with Gasteiger partial charge in [0.05, 0.1) is 18.5 Å². The number of hydrogen-bond donors (Lipinski definition) is 2. The van der Waals surface area contributed by atoms with E-state index < -0.39 is 5.60 Å². The molecule has 0 aromatic heterocycles. The summed E-state index contributed by atoms with van der Waals surface area (Å²) in [7, 11) is 3.79. The van der Waals surface area contributed by atoms with Gasteiger partial charge < -0.3 is 15.2 Å². The van der Waals surface area contributed by atoms with Crippen LogP contribution < -0.4 is 5.32 Å². The molecule has 0 radical (unpaired) electrons. The van der Waals surface area contributed by atoms with Gasteiger partial charge in [-0.1, -0.05) is 18.1 Å². The molecule has 3 nitrogen and oxygen atoms in total. The summed E-state index contributed by atoms with van der Waals surface area (Å²) >= 11 is 0. The summed E-state index contributed by atoms with van der Waals surface area (Å²) < 4.78 is 5.52. The van der Waals surface area contributed by atoms with Gasteiger partial charge in [-0.05, 0) is 82.2 Å². The highest BCUT2D eigenvalue weighted by molar-refractivity contribution is 5.33. The Labute approximate surface area is 152 Å². The molecule has 0 aromatic carbocycles. The summed E-state index contributed by atoms with van der Waals surface area (Å²) in [6, 6.07) is 0. The van der Waals surface area contributed by atoms with Crippen molar-refractivity contribution in [3.8, 4) is 0 Å². The van der Waals surface area contributed by atoms with Crippen LogP contribution in [0.1, 0.15) is 64.7 Å². The van der Waals surface area contributed by atoms with Crippen LogP contribution in [0.3, 0.4) is 0 Å². The van der Waals surface area contributed by atoms with E-state index in [1.54, 1.807) is 18.3 Å². The van der Waals surface area contributed by atoms with Gasteiger partial charge >= 0.3 is 0 Å². The molecule has 4 aliphatic rings. The van der Waals surface area contributed by atoms with Crippen molar-refractivity contribution in [1.29, 1.82) is 0 Å². The number of hydrogen-bond acceptors (Lipinski definition) is 3. The van der Waals surface area contributed by atoms with Crippen molar-refractivity contribution in [2.24, 2.45) is 23.2 Å². The lowest BCUT2D eigenvalue weighted by Crippen LogP contribution is -2.56. The van der Waals surface area contributed by atoms with Gasteiger partial charge in [-0.3, -0.25) is 0 Å². The summed E-state index contributed by atoms with van der Waals surface area (Å²) in [5.74, 6) is 3.42. The molecule has 0 saturated heterocycles. The second-order valence-electron chi connectivity index (χ2n) is 8.95. The Morgan fingerprint density at radius 3 is 2.84 bits per heavy atom. The first-order valence-electron chi connectivity index (χ1n) is 10.4. The predicted molar refractivity (Wildman–Crippen MR) is 101 cm³/mol. The first-order chi connectivity index (χ1) is 12.1. The second-order valence-corrected chi connectivity index (χ2v) is 8.95. The van der Waals surface area contributed by atoms with Gasteiger partial charge in [0.25, 0.3) is 0 Å². The summed E-state index contributed by atoms with van der Waals surface area (Å²) in [6.07, 6.45) is 12.8. The van der Waals surface area contributed by atoms with Crippen LogP contribution in [0.15, 0.2) is 23.0 Å². The van der Waals surface area contributed by atoms with Crippen LogP contribution in [0.25, 0.3) is 0 Å². The van der Waals surface area contributed by atoms with Crippen molar-refractivity contribution in [2.75, 3.05) is 20.7 Å². The zero-order valence-corrected chi connectivity index (χ0v) is 16.2. The van der Waals surface area contributed by atoms with Gasteiger partial charge in [0.1, 0.15) is 0 Å². The van der Waals surface area contributed by atoms with Crippen molar-refractivity contribution in [1.82, 2.24) is 5.32 Å². The minimum atomic E-state index is -0.503. The molecule has 2 saturated carbocycles. The highest BCUT2D eigenvalue weighted by atomic mass is 16.5. The molecule has 25 heavy (non-hydrogen) atoms. The van der Waals surface area contributed by atoms with Gasteiger partial charge in [0.2, 0.25) is 0 Å². The Hall–Kier alpha value is -0.800. The lowest BCUT2D eigenvalue weighted by molar-refractivity contribution is -0.117. The molecule has 140 valence electrons. The molecule has 2 fully saturated rings. The highest BCUT2D eigenvalue weighted by Gasteiger charge is 2.62. The smallest absolute Gasteiger partial charge is 0.0959 e. The van der Waals surface area contributed by atoms with Crippen molar-refractivity contribution < 1.29 is 9.84 Å². The van der Waals surface area contributed by atoms with Crippen LogP contribution >= 0.6 is 0 Å². The number of methoxy groups -OCH3 is 1. The van der Waals surface area contributed by atoms with E-state index in [0.717, 1.165) is 44.1 Å². The predicted octanol–water partition coefficient (Wildman–Crippen LogP) is 4.18. The molecular weight excluding hydrogens is 310 g/mol. The quantitative estimate of drug-likeness (QED) is 0.751. The summed E-state index contributed by atoms with van der Waals surface area (Å²) in [5.41, 5.74) is 3.05. The first-order valence-corrected chi connectivity index (χ1v) is 10.4. The normalized spacial score (nSPS) is 43.2. The molecule has 4 aliphatic carbocycles. The fourth-order valence-electron chi connectivity index (χ4n) is 7.30. The van der Waals surface area contributed by atoms with E-state index in [1.807, 2.05) is 7.05 Å². The molecule has 0 spiro atoms. The second kappa shape index (κ2) is 6.42. The number of aliphatic hydroxyl groups is 1. The number of fused-ring (bicyclic) bond motifs is 4. The standard InChI is InChI=1S/C22H35NO2/c1-4-21-11-9-18-17-8-6-16(25-3)13-15(17)5-7-19(18)20(21)10-12-22(21,24)14-23-2/h6,18-20,23-24H,4-5,7-14H2,1-3H3/t18-,19-,20+,21+,22-/m1/s1. The first kappa shape index (κ1) is 17.6. The fraction of sp³-hybridized carbons (Fsp3) is 0.818. The largest absolute Gasteiger partial charge is 0.501 e. The number of ether oxygens (including phenoxy) is 1. The van der Waals surface area contributed by atoms with Gasteiger partial charge in [0, 0.05) is 18.4 Å². The van der Waals surface area contributed by atoms with E-state index in [0.29, 0.717) is 5.92 Å². The van der Waals surface area contributed by atoms with Gasteiger partial charge in [-0.15, -0.1) is 0 Å². The third kappa shape index (κ3) is 2.45. The molecule has 4 rings (SSSR count). The zero-order chi connectivity index (χ0) is 17.7. The molecule has 0 heterocycles. The average molecular weight is 346 g/mol. The van der Waals surface area contributed by atoms with Crippen LogP contribution in [-0.2, 0) is 4.74 Å². The minimum absolute atomic E-state index is 0.136. The van der Waals surface area contributed by atoms with Crippen molar-refractivity contribution in [3.05, 3.63) is 23.0 Å². The summed E-state index contributed by atoms with van der Waals surface area (Å²) in [6.45, 7) is 3.07. The molecule has 0 aliphatic heterocycles. The van der Waals surface area contributed by atoms with E-state index in [1.165, 1.54) is 37.9 Å². The molecule has 0 aromatic rings. The number of nitrogens with one attached hydrogen (secondary N) is 1. The Morgan fingerprint density at radius 2 is 2.12 bits per heavy atom. The lowest BCUT2D eigenvalue weighted by Gasteiger charge is -2.55. The topological polar surface area (TPSA) is 41.5 Å². The maximum absolute atomic E-state index is 11.5. The van der Waals surface area contributed by atoms with E-state index in [9.17, 15) is 5.11 Å². The number of rotatable bonds is 4. The monoisotopic (exact) mass is 345 g/mol. The van der Waals surface area contributed by atoms with Gasteiger partial charge in [-0.25, -0.2) is 0 Å². The highest BCUT2D eigenvalue weighted by Crippen LogP contribution is 2.65. The van der Waals surface area contributed by atoms with Crippen LogP contribution in [0, 0.1) is 23.2 Å².